The van der Waals surface area contributed by atoms with Gasteiger partial charge in [0, 0.05) is 17.0 Å². The van der Waals surface area contributed by atoms with Crippen molar-refractivity contribution in [2.45, 2.75) is 19.4 Å². The maximum absolute atomic E-state index is 13.7. The van der Waals surface area contributed by atoms with Gasteiger partial charge in [0.15, 0.2) is 0 Å². The second-order valence-electron chi connectivity index (χ2n) is 5.31. The van der Waals surface area contributed by atoms with Gasteiger partial charge in [-0.05, 0) is 42.8 Å². The van der Waals surface area contributed by atoms with Gasteiger partial charge in [-0.2, -0.15) is 0 Å². The molecule has 0 fully saturated rings. The van der Waals surface area contributed by atoms with Gasteiger partial charge in [0.1, 0.15) is 11.9 Å². The Bertz CT molecular complexity index is 775. The number of hydrogen-bond acceptors (Lipinski definition) is 3. The van der Waals surface area contributed by atoms with Gasteiger partial charge in [0.05, 0.1) is 11.4 Å². The van der Waals surface area contributed by atoms with Gasteiger partial charge in [-0.25, -0.2) is 4.39 Å². The highest BCUT2D eigenvalue weighted by Crippen LogP contribution is 2.20. The second kappa shape index (κ2) is 6.38. The Balaban J connectivity index is 1.73. The first-order valence-electron chi connectivity index (χ1n) is 7.12. The zero-order valence-corrected chi connectivity index (χ0v) is 13.1. The zero-order valence-electron chi connectivity index (χ0n) is 12.3. The van der Waals surface area contributed by atoms with Gasteiger partial charge in [0.25, 0.3) is 5.91 Å². The predicted octanol–water partition coefficient (Wildman–Crippen LogP) is 4.24. The van der Waals surface area contributed by atoms with Crippen molar-refractivity contribution in [3.63, 3.8) is 0 Å². The van der Waals surface area contributed by atoms with Crippen molar-refractivity contribution in [2.75, 3.05) is 5.32 Å². The van der Waals surface area contributed by atoms with Crippen molar-refractivity contribution in [1.29, 1.82) is 0 Å². The second-order valence-corrected chi connectivity index (χ2v) is 5.75. The van der Waals surface area contributed by atoms with E-state index >= 15 is 0 Å². The van der Waals surface area contributed by atoms with Crippen molar-refractivity contribution in [3.8, 4) is 0 Å². The molecule has 1 aliphatic heterocycles. The van der Waals surface area contributed by atoms with Crippen LogP contribution in [0.2, 0.25) is 5.02 Å². The maximum atomic E-state index is 13.7. The van der Waals surface area contributed by atoms with Crippen LogP contribution >= 0.6 is 11.6 Å². The minimum absolute atomic E-state index is 0.0702. The van der Waals surface area contributed by atoms with E-state index in [2.05, 4.69) is 10.5 Å². The summed E-state index contributed by atoms with van der Waals surface area (Å²) in [6.07, 6.45) is 0.808. The molecule has 2 aromatic rings. The van der Waals surface area contributed by atoms with Gasteiger partial charge in [-0.1, -0.05) is 28.9 Å². The molecule has 1 atom stereocenters. The Kier molecular flexibility index (Phi) is 4.30. The summed E-state index contributed by atoms with van der Waals surface area (Å²) in [6, 6.07) is 11.0. The zero-order chi connectivity index (χ0) is 16.4. The van der Waals surface area contributed by atoms with Crippen LogP contribution in [-0.2, 0) is 4.84 Å². The van der Waals surface area contributed by atoms with Crippen molar-refractivity contribution < 1.29 is 14.0 Å². The van der Waals surface area contributed by atoms with Gasteiger partial charge in [-0.15, -0.1) is 0 Å². The van der Waals surface area contributed by atoms with E-state index in [4.69, 9.17) is 16.4 Å². The number of halogens is 2. The summed E-state index contributed by atoms with van der Waals surface area (Å²) in [6.45, 7) is 1.94. The molecule has 6 heteroatoms. The normalized spacial score (nSPS) is 16.7. The van der Waals surface area contributed by atoms with E-state index < -0.39 is 11.7 Å². The number of hydrogen-bond donors (Lipinski definition) is 1. The third kappa shape index (κ3) is 3.51. The fourth-order valence-corrected chi connectivity index (χ4v) is 2.43. The van der Waals surface area contributed by atoms with Crippen LogP contribution in [0.3, 0.4) is 0 Å². The van der Waals surface area contributed by atoms with Crippen molar-refractivity contribution in [1.82, 2.24) is 0 Å². The first-order valence-corrected chi connectivity index (χ1v) is 7.50. The predicted molar refractivity (Wildman–Crippen MR) is 87.5 cm³/mol. The highest BCUT2D eigenvalue weighted by atomic mass is 35.5. The third-order valence-electron chi connectivity index (χ3n) is 3.48. The Morgan fingerprint density at radius 1 is 1.30 bits per heavy atom. The summed E-state index contributed by atoms with van der Waals surface area (Å²) in [7, 11) is 0. The van der Waals surface area contributed by atoms with Crippen molar-refractivity contribution in [2.24, 2.45) is 5.16 Å². The molecule has 3 rings (SSSR count). The van der Waals surface area contributed by atoms with Crippen molar-refractivity contribution >= 4 is 28.9 Å². The quantitative estimate of drug-likeness (QED) is 0.913. The molecule has 23 heavy (non-hydrogen) atoms. The number of rotatable bonds is 3. The fraction of sp³-hybridized carbons (Fsp3) is 0.176. The maximum Gasteiger partial charge on any atom is 0.255 e. The number of anilines is 1. The molecular weight excluding hydrogens is 319 g/mol. The van der Waals surface area contributed by atoms with Gasteiger partial charge in [-0.3, -0.25) is 4.79 Å². The lowest BCUT2D eigenvalue weighted by molar-refractivity contribution is 0.0995. The molecular formula is C17H14ClFN2O2. The van der Waals surface area contributed by atoms with Crippen LogP contribution in [0, 0.1) is 5.82 Å². The summed E-state index contributed by atoms with van der Waals surface area (Å²) in [5, 5.41) is 6.80. The van der Waals surface area contributed by atoms with E-state index in [-0.39, 0.29) is 16.8 Å². The smallest absolute Gasteiger partial charge is 0.255 e. The number of benzene rings is 2. The van der Waals surface area contributed by atoms with E-state index in [1.165, 1.54) is 12.1 Å². The summed E-state index contributed by atoms with van der Waals surface area (Å²) < 4.78 is 13.7. The summed E-state index contributed by atoms with van der Waals surface area (Å²) in [4.78, 5) is 17.3. The lowest BCUT2D eigenvalue weighted by atomic mass is 10.0. The van der Waals surface area contributed by atoms with Crippen LogP contribution in [0.4, 0.5) is 10.1 Å². The SMILES string of the molecule is CC1CC(c2ccc(C(=O)Nc3ccc(Cl)cc3F)cc2)=NO1. The lowest BCUT2D eigenvalue weighted by Gasteiger charge is -2.07. The van der Waals surface area contributed by atoms with E-state index in [1.54, 1.807) is 24.3 Å². The Labute approximate surface area is 137 Å². The van der Waals surface area contributed by atoms with Crippen molar-refractivity contribution in [3.05, 3.63) is 64.4 Å². The molecule has 2 aromatic carbocycles. The number of carbonyl (C=O) groups is 1. The molecule has 4 nitrogen and oxygen atoms in total. The third-order valence-corrected chi connectivity index (χ3v) is 3.72. The number of nitrogens with zero attached hydrogens (tertiary/aromatic N) is 1. The number of amides is 1. The largest absolute Gasteiger partial charge is 0.392 e. The molecule has 0 saturated carbocycles. The molecule has 0 bridgehead atoms. The Morgan fingerprint density at radius 2 is 2.04 bits per heavy atom. The molecule has 0 radical (unpaired) electrons. The van der Waals surface area contributed by atoms with E-state index in [0.717, 1.165) is 23.8 Å². The molecule has 1 N–H and O–H groups in total. The van der Waals surface area contributed by atoms with Crippen LogP contribution in [-0.4, -0.2) is 17.7 Å². The summed E-state index contributed by atoms with van der Waals surface area (Å²) in [5.41, 5.74) is 2.28. The Hall–Kier alpha value is -2.40. The van der Waals surface area contributed by atoms with Gasteiger partial charge < -0.3 is 10.2 Å². The monoisotopic (exact) mass is 332 g/mol. The van der Waals surface area contributed by atoms with Crippen LogP contribution < -0.4 is 5.32 Å². The highest BCUT2D eigenvalue weighted by Gasteiger charge is 2.18. The molecule has 118 valence electrons. The van der Waals surface area contributed by atoms with Crippen LogP contribution in [0.25, 0.3) is 0 Å². The summed E-state index contributed by atoms with van der Waals surface area (Å²) >= 11 is 5.69. The average molecular weight is 333 g/mol. The van der Waals surface area contributed by atoms with Crippen LogP contribution in [0.15, 0.2) is 47.6 Å². The standard InChI is InChI=1S/C17H14ClFN2O2/c1-10-8-16(21-23-10)11-2-4-12(5-3-11)17(22)20-15-7-6-13(18)9-14(15)19/h2-7,9-10H,8H2,1H3,(H,20,22). The lowest BCUT2D eigenvalue weighted by Crippen LogP contribution is -2.13. The van der Waals surface area contributed by atoms with E-state index in [1.807, 2.05) is 6.92 Å². The molecule has 0 saturated heterocycles. The number of carbonyl (C=O) groups excluding carboxylic acids is 1. The molecule has 1 amide bonds. The van der Waals surface area contributed by atoms with E-state index in [9.17, 15) is 9.18 Å². The molecule has 1 unspecified atom stereocenters. The van der Waals surface area contributed by atoms with Gasteiger partial charge in [0.2, 0.25) is 0 Å². The Morgan fingerprint density at radius 3 is 2.65 bits per heavy atom. The number of nitrogens with one attached hydrogen (secondary N) is 1. The highest BCUT2D eigenvalue weighted by molar-refractivity contribution is 6.30. The molecule has 1 aliphatic rings. The first-order chi connectivity index (χ1) is 11.0. The molecule has 0 aromatic heterocycles. The molecule has 0 spiro atoms. The van der Waals surface area contributed by atoms with Gasteiger partial charge >= 0.3 is 0 Å². The van der Waals surface area contributed by atoms with Crippen LogP contribution in [0.5, 0.6) is 0 Å². The van der Waals surface area contributed by atoms with Crippen LogP contribution in [0.1, 0.15) is 29.3 Å². The average Bonchev–Trinajstić information content (AvgIpc) is 2.97. The minimum Gasteiger partial charge on any atom is -0.392 e. The fourth-order valence-electron chi connectivity index (χ4n) is 2.27. The number of oxime groups is 1. The molecule has 0 aliphatic carbocycles. The topological polar surface area (TPSA) is 50.7 Å². The molecule has 1 heterocycles. The van der Waals surface area contributed by atoms with E-state index in [0.29, 0.717) is 5.56 Å². The first kappa shape index (κ1) is 15.5. The minimum atomic E-state index is -0.575. The summed E-state index contributed by atoms with van der Waals surface area (Å²) in [5.74, 6) is -0.968.